The lowest BCUT2D eigenvalue weighted by atomic mass is 9.77. The summed E-state index contributed by atoms with van der Waals surface area (Å²) >= 11 is 5.20. The summed E-state index contributed by atoms with van der Waals surface area (Å²) in [5, 5.41) is 14.7. The third-order valence-corrected chi connectivity index (χ3v) is 5.72. The maximum Gasteiger partial charge on any atom is 0.303 e. The monoisotopic (exact) mass is 408 g/mol. The first-order valence-corrected chi connectivity index (χ1v) is 10.6. The average Bonchev–Trinajstić information content (AvgIpc) is 3.24. The van der Waals surface area contributed by atoms with E-state index in [1.165, 1.54) is 0 Å². The molecule has 2 heterocycles. The zero-order valence-corrected chi connectivity index (χ0v) is 17.4. The smallest absolute Gasteiger partial charge is 0.303 e. The van der Waals surface area contributed by atoms with Crippen LogP contribution in [-0.2, 0) is 14.3 Å². The van der Waals surface area contributed by atoms with Crippen molar-refractivity contribution < 1.29 is 19.4 Å². The summed E-state index contributed by atoms with van der Waals surface area (Å²) in [6.07, 6.45) is 13.6. The number of ether oxygens (including phenoxy) is 1. The summed E-state index contributed by atoms with van der Waals surface area (Å²) in [5.74, 6) is -0.0589. The second-order valence-electron chi connectivity index (χ2n) is 7.47. The van der Waals surface area contributed by atoms with Crippen molar-refractivity contribution in [3.63, 3.8) is 0 Å². The second kappa shape index (κ2) is 12.0. The maximum absolute atomic E-state index is 12.2. The lowest BCUT2D eigenvalue weighted by Crippen LogP contribution is -2.39. The first-order chi connectivity index (χ1) is 13.5. The van der Waals surface area contributed by atoms with Gasteiger partial charge >= 0.3 is 5.97 Å². The molecule has 7 heteroatoms. The van der Waals surface area contributed by atoms with Gasteiger partial charge in [-0.25, -0.2) is 0 Å². The Kier molecular flexibility index (Phi) is 9.64. The molecule has 2 bridgehead atoms. The largest absolute Gasteiger partial charge is 0.481 e. The molecule has 0 radical (unpaired) electrons. The molecule has 0 spiro atoms. The third-order valence-electron chi connectivity index (χ3n) is 5.44. The summed E-state index contributed by atoms with van der Waals surface area (Å²) in [5.41, 5.74) is 0. The molecule has 28 heavy (non-hydrogen) atoms. The van der Waals surface area contributed by atoms with Crippen LogP contribution in [0.25, 0.3) is 0 Å². The van der Waals surface area contributed by atoms with Crippen LogP contribution in [0.1, 0.15) is 51.9 Å². The van der Waals surface area contributed by atoms with Crippen molar-refractivity contribution >= 4 is 29.1 Å². The molecule has 0 saturated carbocycles. The van der Waals surface area contributed by atoms with Crippen LogP contribution in [0.3, 0.4) is 0 Å². The van der Waals surface area contributed by atoms with Gasteiger partial charge in [-0.2, -0.15) is 0 Å². The minimum Gasteiger partial charge on any atom is -0.481 e. The highest BCUT2D eigenvalue weighted by Gasteiger charge is 2.47. The summed E-state index contributed by atoms with van der Waals surface area (Å²) in [4.78, 5) is 23.3. The van der Waals surface area contributed by atoms with Crippen LogP contribution in [0.2, 0.25) is 0 Å². The molecule has 0 unspecified atom stereocenters. The van der Waals surface area contributed by atoms with E-state index < -0.39 is 5.97 Å². The zero-order valence-electron chi connectivity index (χ0n) is 16.6. The number of carbonyl (C=O) groups excluding carboxylic acids is 1. The Labute approximate surface area is 172 Å². The lowest BCUT2D eigenvalue weighted by Gasteiger charge is -2.27. The van der Waals surface area contributed by atoms with Gasteiger partial charge in [0.25, 0.3) is 0 Å². The molecule has 0 aromatic carbocycles. The molecule has 156 valence electrons. The van der Waals surface area contributed by atoms with E-state index >= 15 is 0 Å². The molecule has 0 aromatic rings. The summed E-state index contributed by atoms with van der Waals surface area (Å²) in [7, 11) is 0. The number of aliphatic carboxylic acids is 1. The van der Waals surface area contributed by atoms with Gasteiger partial charge in [0, 0.05) is 25.4 Å². The van der Waals surface area contributed by atoms with Crippen molar-refractivity contribution in [2.75, 3.05) is 13.1 Å². The van der Waals surface area contributed by atoms with Crippen LogP contribution in [0.5, 0.6) is 0 Å². The number of hydrogen-bond donors (Lipinski definition) is 3. The number of carboxylic acids is 1. The van der Waals surface area contributed by atoms with Crippen LogP contribution < -0.4 is 10.6 Å². The van der Waals surface area contributed by atoms with E-state index in [1.807, 2.05) is 19.1 Å². The van der Waals surface area contributed by atoms with E-state index in [9.17, 15) is 9.59 Å². The number of carboxylic acid groups (broad SMARTS) is 1. The average molecular weight is 409 g/mol. The Morgan fingerprint density at radius 2 is 1.89 bits per heavy atom. The molecule has 1 amide bonds. The van der Waals surface area contributed by atoms with Crippen molar-refractivity contribution in [2.45, 2.75) is 64.1 Å². The highest BCUT2D eigenvalue weighted by atomic mass is 32.1. The highest BCUT2D eigenvalue weighted by molar-refractivity contribution is 7.80. The van der Waals surface area contributed by atoms with Crippen molar-refractivity contribution in [3.8, 4) is 0 Å². The van der Waals surface area contributed by atoms with Crippen LogP contribution >= 0.6 is 12.2 Å². The van der Waals surface area contributed by atoms with Gasteiger partial charge in [0.15, 0.2) is 0 Å². The Balaban J connectivity index is 1.73. The Hall–Kier alpha value is -1.73. The molecule has 3 N–H and O–H groups in total. The predicted octanol–water partition coefficient (Wildman–Crippen LogP) is 2.98. The zero-order chi connectivity index (χ0) is 20.4. The third kappa shape index (κ3) is 7.36. The number of hydrogen-bond acceptors (Lipinski definition) is 4. The topological polar surface area (TPSA) is 87.7 Å². The molecule has 0 aromatic heterocycles. The number of nitrogens with one attached hydrogen (secondary N) is 2. The molecular weight excluding hydrogens is 376 g/mol. The number of carbonyl (C=O) groups is 2. The Morgan fingerprint density at radius 3 is 2.61 bits per heavy atom. The number of unbranched alkanes of at least 4 members (excludes halogenated alkanes) is 1. The molecule has 2 aliphatic heterocycles. The van der Waals surface area contributed by atoms with E-state index in [2.05, 4.69) is 22.8 Å². The SMILES string of the molecule is CC=CCNC(=S)CC(=O)NC[C@H]1[C@@H](C/C=C\CCCC(=O)O)[C@H]2CC[C@@H]1O2. The standard InChI is InChI=1S/C21H32N2O4S/c1-2-3-12-22-20(28)13-19(24)23-14-16-15(17-10-11-18(16)27-17)8-6-4-5-7-9-21(25)26/h2-4,6,15-18H,5,7-14H2,1H3,(H,22,28)(H,23,24)(H,25,26)/b3-2?,6-4-/t15-,16+,17-,18+/m1/s1. The number of amides is 1. The Bertz CT molecular complexity index is 605. The fourth-order valence-corrected chi connectivity index (χ4v) is 4.23. The normalized spacial score (nSPS) is 26.2. The van der Waals surface area contributed by atoms with Crippen LogP contribution in [0.4, 0.5) is 0 Å². The number of allylic oxidation sites excluding steroid dienone is 3. The van der Waals surface area contributed by atoms with Gasteiger partial charge < -0.3 is 20.5 Å². The van der Waals surface area contributed by atoms with Crippen LogP contribution in [0, 0.1) is 11.8 Å². The van der Waals surface area contributed by atoms with Crippen molar-refractivity contribution in [2.24, 2.45) is 11.8 Å². The first kappa shape index (κ1) is 22.6. The van der Waals surface area contributed by atoms with Gasteiger partial charge in [-0.15, -0.1) is 0 Å². The Morgan fingerprint density at radius 1 is 1.14 bits per heavy atom. The van der Waals surface area contributed by atoms with E-state index in [-0.39, 0.29) is 31.0 Å². The molecule has 2 saturated heterocycles. The maximum atomic E-state index is 12.2. The first-order valence-electron chi connectivity index (χ1n) is 10.2. The summed E-state index contributed by atoms with van der Waals surface area (Å²) in [6.45, 7) is 3.20. The fourth-order valence-electron chi connectivity index (χ4n) is 4.02. The molecule has 6 nitrogen and oxygen atoms in total. The number of thiocarbonyl (C=S) groups is 1. The quantitative estimate of drug-likeness (QED) is 0.261. The number of fused-ring (bicyclic) bond motifs is 2. The molecule has 2 fully saturated rings. The van der Waals surface area contributed by atoms with Gasteiger partial charge in [-0.1, -0.05) is 36.5 Å². The van der Waals surface area contributed by atoms with Crippen LogP contribution in [-0.4, -0.2) is 47.3 Å². The van der Waals surface area contributed by atoms with Crippen molar-refractivity contribution in [3.05, 3.63) is 24.3 Å². The van der Waals surface area contributed by atoms with Gasteiger partial charge in [-0.3, -0.25) is 9.59 Å². The second-order valence-corrected chi connectivity index (χ2v) is 7.96. The fraction of sp³-hybridized carbons (Fsp3) is 0.667. The van der Waals surface area contributed by atoms with Gasteiger partial charge in [0.05, 0.1) is 23.6 Å². The van der Waals surface area contributed by atoms with E-state index in [0.717, 1.165) is 25.7 Å². The highest BCUT2D eigenvalue weighted by Crippen LogP contribution is 2.44. The number of rotatable bonds is 12. The van der Waals surface area contributed by atoms with E-state index in [0.29, 0.717) is 36.3 Å². The summed E-state index contributed by atoms with van der Waals surface area (Å²) < 4.78 is 6.08. The van der Waals surface area contributed by atoms with Gasteiger partial charge in [0.1, 0.15) is 0 Å². The van der Waals surface area contributed by atoms with E-state index in [4.69, 9.17) is 22.1 Å². The minimum absolute atomic E-state index is 0.0521. The van der Waals surface area contributed by atoms with Crippen molar-refractivity contribution in [1.29, 1.82) is 0 Å². The molecule has 0 aliphatic carbocycles. The minimum atomic E-state index is -0.748. The molecule has 2 rings (SSSR count). The van der Waals surface area contributed by atoms with Gasteiger partial charge in [-0.05, 0) is 44.9 Å². The van der Waals surface area contributed by atoms with E-state index in [1.54, 1.807) is 0 Å². The molecule has 4 atom stereocenters. The van der Waals surface area contributed by atoms with Gasteiger partial charge in [0.2, 0.25) is 5.91 Å². The van der Waals surface area contributed by atoms with Crippen LogP contribution in [0.15, 0.2) is 24.3 Å². The predicted molar refractivity (Wildman–Crippen MR) is 113 cm³/mol. The molecule has 2 aliphatic rings. The lowest BCUT2D eigenvalue weighted by molar-refractivity contribution is -0.137. The summed E-state index contributed by atoms with van der Waals surface area (Å²) in [6, 6.07) is 0. The van der Waals surface area contributed by atoms with Crippen molar-refractivity contribution in [1.82, 2.24) is 10.6 Å². The molecular formula is C21H32N2O4S.